The number of anilines is 1. The minimum atomic E-state index is -0.297. The first-order chi connectivity index (χ1) is 12.7. The molecule has 26 heavy (non-hydrogen) atoms. The molecule has 0 saturated carbocycles. The quantitative estimate of drug-likeness (QED) is 0.837. The molecule has 2 fully saturated rings. The van der Waals surface area contributed by atoms with E-state index in [1.165, 1.54) is 24.4 Å². The molecule has 0 radical (unpaired) electrons. The van der Waals surface area contributed by atoms with Gasteiger partial charge in [0.1, 0.15) is 23.2 Å². The Balaban J connectivity index is 1.29. The van der Waals surface area contributed by atoms with Crippen molar-refractivity contribution in [3.05, 3.63) is 54.2 Å². The van der Waals surface area contributed by atoms with E-state index in [1.807, 2.05) is 0 Å². The molecule has 0 bridgehead atoms. The van der Waals surface area contributed by atoms with Gasteiger partial charge < -0.3 is 9.64 Å². The Bertz CT molecular complexity index is 723. The van der Waals surface area contributed by atoms with Crippen molar-refractivity contribution in [1.29, 1.82) is 0 Å². The molecule has 2 aliphatic rings. The third kappa shape index (κ3) is 3.96. The lowest BCUT2D eigenvalue weighted by molar-refractivity contribution is 0.0727. The SMILES string of the molecule is Fc1ccc(OCC2CCC3CN(c4ccc(F)cn4)CCN3C2)cc1. The number of benzene rings is 1. The van der Waals surface area contributed by atoms with E-state index in [-0.39, 0.29) is 11.6 Å². The fourth-order valence-electron chi connectivity index (χ4n) is 3.90. The molecule has 2 atom stereocenters. The standard InChI is InChI=1S/C20H23F2N3O/c21-16-2-6-19(7-3-16)26-14-15-1-5-18-13-25(10-9-24(18)12-15)20-8-4-17(22)11-23-20/h2-4,6-8,11,15,18H,1,5,9-10,12-14H2. The average molecular weight is 359 g/mol. The van der Waals surface area contributed by atoms with Crippen molar-refractivity contribution in [3.8, 4) is 5.75 Å². The molecule has 2 aliphatic heterocycles. The van der Waals surface area contributed by atoms with E-state index in [0.29, 0.717) is 18.6 Å². The monoisotopic (exact) mass is 359 g/mol. The molecule has 0 aliphatic carbocycles. The largest absolute Gasteiger partial charge is 0.493 e. The van der Waals surface area contributed by atoms with Crippen molar-refractivity contribution in [3.63, 3.8) is 0 Å². The molecule has 0 amide bonds. The Morgan fingerprint density at radius 3 is 2.54 bits per heavy atom. The van der Waals surface area contributed by atoms with Crippen LogP contribution in [0.5, 0.6) is 5.75 Å². The number of hydrogen-bond donors (Lipinski definition) is 0. The number of hydrogen-bond acceptors (Lipinski definition) is 4. The Kier molecular flexibility index (Phi) is 5.02. The van der Waals surface area contributed by atoms with Gasteiger partial charge in [-0.25, -0.2) is 13.8 Å². The van der Waals surface area contributed by atoms with Crippen LogP contribution >= 0.6 is 0 Å². The fraction of sp³-hybridized carbons (Fsp3) is 0.450. The van der Waals surface area contributed by atoms with Crippen LogP contribution in [-0.4, -0.2) is 48.7 Å². The molecular formula is C20H23F2N3O. The second kappa shape index (κ2) is 7.58. The molecule has 1 aromatic heterocycles. The van der Waals surface area contributed by atoms with Crippen molar-refractivity contribution in [1.82, 2.24) is 9.88 Å². The zero-order valence-electron chi connectivity index (χ0n) is 14.7. The van der Waals surface area contributed by atoms with Crippen LogP contribution in [0.2, 0.25) is 0 Å². The van der Waals surface area contributed by atoms with E-state index in [1.54, 1.807) is 18.2 Å². The van der Waals surface area contributed by atoms with Gasteiger partial charge in [0.15, 0.2) is 0 Å². The van der Waals surface area contributed by atoms with Gasteiger partial charge in [-0.3, -0.25) is 4.90 Å². The topological polar surface area (TPSA) is 28.6 Å². The molecule has 1 aromatic carbocycles. The number of rotatable bonds is 4. The highest BCUT2D eigenvalue weighted by atomic mass is 19.1. The van der Waals surface area contributed by atoms with Crippen LogP contribution in [0, 0.1) is 17.6 Å². The first-order valence-corrected chi connectivity index (χ1v) is 9.16. The Morgan fingerprint density at radius 1 is 0.962 bits per heavy atom. The minimum absolute atomic E-state index is 0.244. The van der Waals surface area contributed by atoms with Crippen LogP contribution < -0.4 is 9.64 Å². The maximum absolute atomic E-state index is 13.1. The molecule has 0 N–H and O–H groups in total. The van der Waals surface area contributed by atoms with Gasteiger partial charge in [0.2, 0.25) is 0 Å². The van der Waals surface area contributed by atoms with Gasteiger partial charge in [0.25, 0.3) is 0 Å². The van der Waals surface area contributed by atoms with Crippen molar-refractivity contribution in [2.75, 3.05) is 37.7 Å². The molecule has 0 spiro atoms. The highest BCUT2D eigenvalue weighted by Crippen LogP contribution is 2.27. The molecular weight excluding hydrogens is 336 g/mol. The van der Waals surface area contributed by atoms with Gasteiger partial charge in [-0.05, 0) is 49.2 Å². The Morgan fingerprint density at radius 2 is 1.77 bits per heavy atom. The molecule has 3 heterocycles. The number of piperazine rings is 1. The molecule has 2 unspecified atom stereocenters. The summed E-state index contributed by atoms with van der Waals surface area (Å²) in [6.45, 7) is 4.51. The van der Waals surface area contributed by atoms with Crippen LogP contribution in [0.25, 0.3) is 0 Å². The highest BCUT2D eigenvalue weighted by Gasteiger charge is 2.33. The maximum Gasteiger partial charge on any atom is 0.141 e. The zero-order chi connectivity index (χ0) is 17.9. The Labute approximate surface area is 152 Å². The number of halogens is 2. The Hall–Kier alpha value is -2.21. The van der Waals surface area contributed by atoms with Crippen molar-refractivity contribution < 1.29 is 13.5 Å². The third-order valence-electron chi connectivity index (χ3n) is 5.34. The summed E-state index contributed by atoms with van der Waals surface area (Å²) in [5, 5.41) is 0. The number of pyridine rings is 1. The molecule has 2 aromatic rings. The van der Waals surface area contributed by atoms with E-state index in [9.17, 15) is 8.78 Å². The van der Waals surface area contributed by atoms with Gasteiger partial charge in [-0.2, -0.15) is 0 Å². The molecule has 138 valence electrons. The summed E-state index contributed by atoms with van der Waals surface area (Å²) in [5.74, 6) is 1.53. The lowest BCUT2D eigenvalue weighted by Crippen LogP contribution is -2.57. The van der Waals surface area contributed by atoms with E-state index in [4.69, 9.17) is 4.74 Å². The first kappa shape index (κ1) is 17.2. The van der Waals surface area contributed by atoms with Crippen LogP contribution in [0.4, 0.5) is 14.6 Å². The number of piperidine rings is 1. The number of nitrogens with zero attached hydrogens (tertiary/aromatic N) is 3. The predicted molar refractivity (Wildman–Crippen MR) is 96.4 cm³/mol. The van der Waals surface area contributed by atoms with Gasteiger partial charge >= 0.3 is 0 Å². The summed E-state index contributed by atoms with van der Waals surface area (Å²) in [4.78, 5) is 8.99. The lowest BCUT2D eigenvalue weighted by atomic mass is 9.91. The average Bonchev–Trinajstić information content (AvgIpc) is 2.67. The second-order valence-corrected chi connectivity index (χ2v) is 7.14. The second-order valence-electron chi connectivity index (χ2n) is 7.14. The number of fused-ring (bicyclic) bond motifs is 1. The van der Waals surface area contributed by atoms with E-state index in [0.717, 1.165) is 50.6 Å². The zero-order valence-corrected chi connectivity index (χ0v) is 14.7. The molecule has 4 nitrogen and oxygen atoms in total. The summed E-state index contributed by atoms with van der Waals surface area (Å²) in [6, 6.07) is 9.94. The van der Waals surface area contributed by atoms with Gasteiger partial charge in [0.05, 0.1) is 12.8 Å². The van der Waals surface area contributed by atoms with E-state index < -0.39 is 0 Å². The summed E-state index contributed by atoms with van der Waals surface area (Å²) >= 11 is 0. The van der Waals surface area contributed by atoms with Crippen molar-refractivity contribution in [2.45, 2.75) is 18.9 Å². The summed E-state index contributed by atoms with van der Waals surface area (Å²) in [7, 11) is 0. The van der Waals surface area contributed by atoms with Crippen molar-refractivity contribution in [2.24, 2.45) is 5.92 Å². The predicted octanol–water partition coefficient (Wildman–Crippen LogP) is 3.34. The van der Waals surface area contributed by atoms with Gasteiger partial charge in [0, 0.05) is 38.1 Å². The normalized spacial score (nSPS) is 23.5. The minimum Gasteiger partial charge on any atom is -0.493 e. The summed E-state index contributed by atoms with van der Waals surface area (Å²) < 4.78 is 31.8. The van der Waals surface area contributed by atoms with Crippen LogP contribution in [0.1, 0.15) is 12.8 Å². The van der Waals surface area contributed by atoms with Crippen LogP contribution in [0.15, 0.2) is 42.6 Å². The highest BCUT2D eigenvalue weighted by molar-refractivity contribution is 5.39. The number of aromatic nitrogens is 1. The maximum atomic E-state index is 13.1. The third-order valence-corrected chi connectivity index (χ3v) is 5.34. The van der Waals surface area contributed by atoms with E-state index in [2.05, 4.69) is 14.8 Å². The lowest BCUT2D eigenvalue weighted by Gasteiger charge is -2.46. The summed E-state index contributed by atoms with van der Waals surface area (Å²) in [6.07, 6.45) is 3.52. The fourth-order valence-corrected chi connectivity index (χ4v) is 3.90. The first-order valence-electron chi connectivity index (χ1n) is 9.16. The molecule has 6 heteroatoms. The van der Waals surface area contributed by atoms with Gasteiger partial charge in [-0.15, -0.1) is 0 Å². The molecule has 4 rings (SSSR count). The molecule has 2 saturated heterocycles. The van der Waals surface area contributed by atoms with Gasteiger partial charge in [-0.1, -0.05) is 0 Å². The smallest absolute Gasteiger partial charge is 0.141 e. The van der Waals surface area contributed by atoms with Crippen molar-refractivity contribution >= 4 is 5.82 Å². The number of ether oxygens (including phenoxy) is 1. The summed E-state index contributed by atoms with van der Waals surface area (Å²) in [5.41, 5.74) is 0. The van der Waals surface area contributed by atoms with E-state index >= 15 is 0 Å². The van der Waals surface area contributed by atoms with Crippen LogP contribution in [0.3, 0.4) is 0 Å². The van der Waals surface area contributed by atoms with Crippen LogP contribution in [-0.2, 0) is 0 Å².